The summed E-state index contributed by atoms with van der Waals surface area (Å²) in [6, 6.07) is 12.7. The highest BCUT2D eigenvalue weighted by molar-refractivity contribution is 7.85. The second-order valence-electron chi connectivity index (χ2n) is 7.91. The number of piperidine rings is 1. The van der Waals surface area contributed by atoms with E-state index < -0.39 is 15.5 Å². The third kappa shape index (κ3) is 6.59. The number of amides is 1. The Morgan fingerprint density at radius 3 is 2.58 bits per heavy atom. The number of nitrogens with zero attached hydrogens (tertiary/aromatic N) is 1. The summed E-state index contributed by atoms with van der Waals surface area (Å²) in [6.07, 6.45) is 3.26. The Kier molecular flexibility index (Phi) is 7.92. The van der Waals surface area contributed by atoms with Gasteiger partial charge >= 0.3 is 0 Å². The highest BCUT2D eigenvalue weighted by Gasteiger charge is 2.39. The van der Waals surface area contributed by atoms with Crippen molar-refractivity contribution < 1.29 is 17.4 Å². The molecule has 0 radical (unpaired) electrons. The van der Waals surface area contributed by atoms with Gasteiger partial charge in [0, 0.05) is 23.5 Å². The molecule has 9 heteroatoms. The molecule has 1 fully saturated rings. The minimum Gasteiger partial charge on any atom is -0.342 e. The summed E-state index contributed by atoms with van der Waals surface area (Å²) in [5.74, 6) is -0.00423. The van der Waals surface area contributed by atoms with E-state index in [0.29, 0.717) is 34.6 Å². The summed E-state index contributed by atoms with van der Waals surface area (Å²) in [4.78, 5) is 14.9. The molecule has 1 atom stereocenters. The molecule has 1 aliphatic heterocycles. The lowest BCUT2D eigenvalue weighted by Gasteiger charge is -2.43. The molecule has 0 spiro atoms. The molecule has 1 aliphatic rings. The van der Waals surface area contributed by atoms with Crippen LogP contribution in [0.3, 0.4) is 0 Å². The van der Waals surface area contributed by atoms with Gasteiger partial charge in [0.15, 0.2) is 0 Å². The fourth-order valence-corrected chi connectivity index (χ4v) is 4.97. The third-order valence-electron chi connectivity index (χ3n) is 5.58. The lowest BCUT2D eigenvalue weighted by atomic mass is 9.72. The van der Waals surface area contributed by atoms with E-state index in [9.17, 15) is 13.2 Å². The molecule has 3 rings (SSSR count). The zero-order valence-corrected chi connectivity index (χ0v) is 20.2. The Morgan fingerprint density at radius 1 is 1.13 bits per heavy atom. The second kappa shape index (κ2) is 10.1. The summed E-state index contributed by atoms with van der Waals surface area (Å²) in [7, 11) is -3.56. The highest BCUT2D eigenvalue weighted by atomic mass is 35.5. The van der Waals surface area contributed by atoms with Crippen molar-refractivity contribution in [1.29, 1.82) is 0 Å². The predicted octanol–water partition coefficient (Wildman–Crippen LogP) is 5.12. The molecule has 0 bridgehead atoms. The number of hydrogen-bond acceptors (Lipinski definition) is 4. The largest absolute Gasteiger partial charge is 0.342 e. The Labute approximate surface area is 198 Å². The van der Waals surface area contributed by atoms with Crippen LogP contribution in [0.5, 0.6) is 0 Å². The van der Waals surface area contributed by atoms with Crippen molar-refractivity contribution in [2.45, 2.75) is 31.1 Å². The SMILES string of the molecule is CS(=O)(=O)OCCC1(c2ccc(Cl)c(Cl)c2)CCCN(C(=O)Cc2cccc(Cl)c2)C1. The van der Waals surface area contributed by atoms with E-state index in [1.54, 1.807) is 24.3 Å². The standard InChI is InChI=1S/C22H24Cl3NO4S/c1-31(28,29)30-11-9-22(17-6-7-19(24)20(25)14-17)8-3-10-26(15-22)21(27)13-16-4-2-5-18(23)12-16/h2,4-7,12,14H,3,8-11,13,15H2,1H3. The van der Waals surface area contributed by atoms with Gasteiger partial charge in [-0.1, -0.05) is 53.0 Å². The van der Waals surface area contributed by atoms with Gasteiger partial charge in [-0.05, 0) is 54.7 Å². The van der Waals surface area contributed by atoms with Crippen molar-refractivity contribution in [2.75, 3.05) is 26.0 Å². The number of carbonyl (C=O) groups excluding carboxylic acids is 1. The van der Waals surface area contributed by atoms with Crippen molar-refractivity contribution >= 4 is 50.8 Å². The molecule has 1 saturated heterocycles. The van der Waals surface area contributed by atoms with Gasteiger partial charge in [0.25, 0.3) is 10.1 Å². The Morgan fingerprint density at radius 2 is 1.90 bits per heavy atom. The Hall–Kier alpha value is -1.31. The smallest absolute Gasteiger partial charge is 0.264 e. The van der Waals surface area contributed by atoms with Crippen molar-refractivity contribution in [3.8, 4) is 0 Å². The second-order valence-corrected chi connectivity index (χ2v) is 10.8. The maximum Gasteiger partial charge on any atom is 0.264 e. The van der Waals surface area contributed by atoms with Gasteiger partial charge in [0.05, 0.1) is 29.3 Å². The van der Waals surface area contributed by atoms with Crippen LogP contribution < -0.4 is 0 Å². The molecule has 1 amide bonds. The van der Waals surface area contributed by atoms with E-state index >= 15 is 0 Å². The lowest BCUT2D eigenvalue weighted by Crippen LogP contribution is -2.49. The first kappa shape index (κ1) is 24.3. The van der Waals surface area contributed by atoms with Crippen molar-refractivity contribution in [3.63, 3.8) is 0 Å². The molecule has 0 aliphatic carbocycles. The molecule has 1 unspecified atom stereocenters. The summed E-state index contributed by atoms with van der Waals surface area (Å²) >= 11 is 18.4. The van der Waals surface area contributed by atoms with Crippen LogP contribution in [0.15, 0.2) is 42.5 Å². The van der Waals surface area contributed by atoms with Gasteiger partial charge in [-0.15, -0.1) is 0 Å². The predicted molar refractivity (Wildman–Crippen MR) is 125 cm³/mol. The molecule has 168 valence electrons. The molecule has 0 aromatic heterocycles. The molecule has 31 heavy (non-hydrogen) atoms. The molecule has 2 aromatic carbocycles. The zero-order chi connectivity index (χ0) is 22.6. The quantitative estimate of drug-likeness (QED) is 0.491. The Balaban J connectivity index is 1.84. The van der Waals surface area contributed by atoms with Crippen LogP contribution in [0.4, 0.5) is 0 Å². The first-order valence-corrected chi connectivity index (χ1v) is 12.9. The average molecular weight is 505 g/mol. The maximum atomic E-state index is 13.1. The van der Waals surface area contributed by atoms with Crippen molar-refractivity contribution in [2.24, 2.45) is 0 Å². The summed E-state index contributed by atoms with van der Waals surface area (Å²) < 4.78 is 28.0. The van der Waals surface area contributed by atoms with Gasteiger partial charge < -0.3 is 4.90 Å². The van der Waals surface area contributed by atoms with Gasteiger partial charge in [-0.25, -0.2) is 0 Å². The van der Waals surface area contributed by atoms with Crippen LogP contribution in [0.2, 0.25) is 15.1 Å². The number of hydrogen-bond donors (Lipinski definition) is 0. The summed E-state index contributed by atoms with van der Waals surface area (Å²) in [5, 5.41) is 1.45. The van der Waals surface area contributed by atoms with E-state index in [-0.39, 0.29) is 18.9 Å². The van der Waals surface area contributed by atoms with E-state index in [0.717, 1.165) is 30.2 Å². The summed E-state index contributed by atoms with van der Waals surface area (Å²) in [6.45, 7) is 1.10. The minimum atomic E-state index is -3.56. The zero-order valence-electron chi connectivity index (χ0n) is 17.1. The van der Waals surface area contributed by atoms with Crippen LogP contribution in [0.1, 0.15) is 30.4 Å². The summed E-state index contributed by atoms with van der Waals surface area (Å²) in [5.41, 5.74) is 1.28. The number of likely N-dealkylation sites (tertiary alicyclic amines) is 1. The van der Waals surface area contributed by atoms with E-state index in [4.69, 9.17) is 39.0 Å². The fraction of sp³-hybridized carbons (Fsp3) is 0.409. The molecule has 1 heterocycles. The fourth-order valence-electron chi connectivity index (χ4n) is 4.08. The first-order chi connectivity index (χ1) is 14.6. The molecule has 0 saturated carbocycles. The monoisotopic (exact) mass is 503 g/mol. The molecular formula is C22H24Cl3NO4S. The molecular weight excluding hydrogens is 481 g/mol. The first-order valence-electron chi connectivity index (χ1n) is 9.90. The van der Waals surface area contributed by atoms with E-state index in [1.807, 2.05) is 23.1 Å². The van der Waals surface area contributed by atoms with Gasteiger partial charge in [0.1, 0.15) is 0 Å². The van der Waals surface area contributed by atoms with Crippen molar-refractivity contribution in [1.82, 2.24) is 4.90 Å². The molecule has 0 N–H and O–H groups in total. The third-order valence-corrected chi connectivity index (χ3v) is 7.15. The number of rotatable bonds is 7. The lowest BCUT2D eigenvalue weighted by molar-refractivity contribution is -0.132. The molecule has 5 nitrogen and oxygen atoms in total. The van der Waals surface area contributed by atoms with Crippen LogP contribution in [0, 0.1) is 0 Å². The minimum absolute atomic E-state index is 0.00423. The van der Waals surface area contributed by atoms with Gasteiger partial charge in [-0.2, -0.15) is 8.42 Å². The highest BCUT2D eigenvalue weighted by Crippen LogP contribution is 2.40. The van der Waals surface area contributed by atoms with Crippen LogP contribution in [-0.2, 0) is 30.9 Å². The normalized spacial score (nSPS) is 19.4. The van der Waals surface area contributed by atoms with E-state index in [2.05, 4.69) is 0 Å². The van der Waals surface area contributed by atoms with Crippen molar-refractivity contribution in [3.05, 3.63) is 68.7 Å². The van der Waals surface area contributed by atoms with Crippen LogP contribution in [-0.4, -0.2) is 45.2 Å². The number of halogens is 3. The van der Waals surface area contributed by atoms with Gasteiger partial charge in [-0.3, -0.25) is 8.98 Å². The van der Waals surface area contributed by atoms with Crippen LogP contribution >= 0.6 is 34.8 Å². The number of carbonyl (C=O) groups is 1. The maximum absolute atomic E-state index is 13.1. The number of benzene rings is 2. The van der Waals surface area contributed by atoms with Gasteiger partial charge in [0.2, 0.25) is 5.91 Å². The average Bonchev–Trinajstić information content (AvgIpc) is 2.69. The Bertz CT molecular complexity index is 1060. The topological polar surface area (TPSA) is 63.7 Å². The van der Waals surface area contributed by atoms with Crippen LogP contribution in [0.25, 0.3) is 0 Å². The van der Waals surface area contributed by atoms with E-state index in [1.165, 1.54) is 0 Å². The molecule has 2 aromatic rings.